The molecule has 0 spiro atoms. The summed E-state index contributed by atoms with van der Waals surface area (Å²) in [6.45, 7) is 0. The van der Waals surface area contributed by atoms with Crippen molar-refractivity contribution in [1.82, 2.24) is 0 Å². The van der Waals surface area contributed by atoms with Crippen LogP contribution in [-0.2, 0) is 6.42 Å². The Kier molecular flexibility index (Phi) is 3.38. The van der Waals surface area contributed by atoms with Gasteiger partial charge in [-0.2, -0.15) is 0 Å². The number of halogens is 2. The third-order valence-corrected chi connectivity index (χ3v) is 6.48. The standard InChI is InChI=1S/C15H18Br2/c16-10-15(9-12-1-4-13(15)7-12)8-11-2-5-14(17)6-3-11/h2-3,5-6,12-13H,1,4,7-10H2. The molecule has 2 bridgehead atoms. The molecular formula is C15H18Br2. The number of fused-ring (bicyclic) bond motifs is 2. The van der Waals surface area contributed by atoms with Gasteiger partial charge in [-0.1, -0.05) is 50.4 Å². The molecule has 0 aliphatic heterocycles. The van der Waals surface area contributed by atoms with Gasteiger partial charge in [0, 0.05) is 9.80 Å². The summed E-state index contributed by atoms with van der Waals surface area (Å²) in [5.41, 5.74) is 2.05. The van der Waals surface area contributed by atoms with Crippen molar-refractivity contribution in [1.29, 1.82) is 0 Å². The quantitative estimate of drug-likeness (QED) is 0.652. The van der Waals surface area contributed by atoms with E-state index in [2.05, 4.69) is 56.1 Å². The summed E-state index contributed by atoms with van der Waals surface area (Å²) in [5, 5.41) is 1.18. The van der Waals surface area contributed by atoms with E-state index in [1.807, 2.05) is 0 Å². The largest absolute Gasteiger partial charge is 0.0922 e. The van der Waals surface area contributed by atoms with Crippen molar-refractivity contribution in [2.75, 3.05) is 5.33 Å². The molecule has 0 amide bonds. The van der Waals surface area contributed by atoms with Crippen molar-refractivity contribution in [3.05, 3.63) is 34.3 Å². The summed E-state index contributed by atoms with van der Waals surface area (Å²) in [6, 6.07) is 8.90. The van der Waals surface area contributed by atoms with Crippen LogP contribution in [0.15, 0.2) is 28.7 Å². The van der Waals surface area contributed by atoms with Gasteiger partial charge in [-0.3, -0.25) is 0 Å². The summed E-state index contributed by atoms with van der Waals surface area (Å²) in [4.78, 5) is 0. The zero-order chi connectivity index (χ0) is 11.9. The maximum Gasteiger partial charge on any atom is 0.0175 e. The minimum atomic E-state index is 0.552. The van der Waals surface area contributed by atoms with Crippen LogP contribution < -0.4 is 0 Å². The van der Waals surface area contributed by atoms with Gasteiger partial charge in [0.15, 0.2) is 0 Å². The number of hydrogen-bond donors (Lipinski definition) is 0. The molecule has 2 aliphatic carbocycles. The first-order chi connectivity index (χ1) is 8.22. The molecule has 2 saturated carbocycles. The van der Waals surface area contributed by atoms with E-state index in [0.717, 1.165) is 11.8 Å². The second-order valence-corrected chi connectivity index (χ2v) is 7.36. The minimum absolute atomic E-state index is 0.552. The lowest BCUT2D eigenvalue weighted by Crippen LogP contribution is -2.32. The van der Waals surface area contributed by atoms with Gasteiger partial charge >= 0.3 is 0 Å². The first kappa shape index (κ1) is 12.2. The molecule has 0 N–H and O–H groups in total. The maximum absolute atomic E-state index is 3.80. The van der Waals surface area contributed by atoms with E-state index < -0.39 is 0 Å². The average Bonchev–Trinajstić information content (AvgIpc) is 2.93. The van der Waals surface area contributed by atoms with Gasteiger partial charge in [0.25, 0.3) is 0 Å². The van der Waals surface area contributed by atoms with Crippen LogP contribution in [0.2, 0.25) is 0 Å². The van der Waals surface area contributed by atoms with Gasteiger partial charge in [-0.15, -0.1) is 0 Å². The van der Waals surface area contributed by atoms with Gasteiger partial charge in [0.05, 0.1) is 0 Å². The number of alkyl halides is 1. The van der Waals surface area contributed by atoms with E-state index in [0.29, 0.717) is 5.41 Å². The van der Waals surface area contributed by atoms with Crippen LogP contribution in [0, 0.1) is 17.3 Å². The van der Waals surface area contributed by atoms with Crippen molar-refractivity contribution in [2.24, 2.45) is 17.3 Å². The van der Waals surface area contributed by atoms with E-state index in [1.165, 1.54) is 47.5 Å². The van der Waals surface area contributed by atoms with Crippen molar-refractivity contribution in [2.45, 2.75) is 32.1 Å². The van der Waals surface area contributed by atoms with Gasteiger partial charge in [-0.05, 0) is 60.6 Å². The van der Waals surface area contributed by atoms with Crippen LogP contribution in [0.25, 0.3) is 0 Å². The van der Waals surface area contributed by atoms with Crippen LogP contribution in [0.4, 0.5) is 0 Å². The van der Waals surface area contributed by atoms with Crippen LogP contribution in [0.3, 0.4) is 0 Å². The Balaban J connectivity index is 1.80. The highest BCUT2D eigenvalue weighted by molar-refractivity contribution is 9.10. The molecule has 0 radical (unpaired) electrons. The van der Waals surface area contributed by atoms with Crippen molar-refractivity contribution in [3.8, 4) is 0 Å². The van der Waals surface area contributed by atoms with Gasteiger partial charge in [0.1, 0.15) is 0 Å². The first-order valence-corrected chi connectivity index (χ1v) is 8.44. The monoisotopic (exact) mass is 356 g/mol. The molecule has 1 aromatic rings. The van der Waals surface area contributed by atoms with E-state index in [1.54, 1.807) is 0 Å². The molecule has 3 rings (SSSR count). The second-order valence-electron chi connectivity index (χ2n) is 5.88. The Morgan fingerprint density at radius 2 is 1.94 bits per heavy atom. The molecule has 0 nitrogen and oxygen atoms in total. The van der Waals surface area contributed by atoms with Gasteiger partial charge in [-0.25, -0.2) is 0 Å². The smallest absolute Gasteiger partial charge is 0.0175 e. The van der Waals surface area contributed by atoms with E-state index >= 15 is 0 Å². The van der Waals surface area contributed by atoms with Crippen molar-refractivity contribution in [3.63, 3.8) is 0 Å². The summed E-state index contributed by atoms with van der Waals surface area (Å²) >= 11 is 7.31. The lowest BCUT2D eigenvalue weighted by molar-refractivity contribution is 0.197. The zero-order valence-electron chi connectivity index (χ0n) is 9.96. The molecule has 2 fully saturated rings. The topological polar surface area (TPSA) is 0 Å². The summed E-state index contributed by atoms with van der Waals surface area (Å²) < 4.78 is 1.18. The Hall–Kier alpha value is 0.180. The molecule has 17 heavy (non-hydrogen) atoms. The zero-order valence-corrected chi connectivity index (χ0v) is 13.1. The molecule has 2 aliphatic rings. The molecule has 2 heteroatoms. The molecule has 0 heterocycles. The Bertz CT molecular complexity index is 398. The molecule has 1 aromatic carbocycles. The van der Waals surface area contributed by atoms with Crippen LogP contribution in [0.5, 0.6) is 0 Å². The van der Waals surface area contributed by atoms with Crippen molar-refractivity contribution < 1.29 is 0 Å². The summed E-state index contributed by atoms with van der Waals surface area (Å²) in [5.74, 6) is 1.99. The second kappa shape index (κ2) is 4.70. The Morgan fingerprint density at radius 1 is 1.18 bits per heavy atom. The third kappa shape index (κ3) is 2.23. The molecule has 3 atom stereocenters. The SMILES string of the molecule is BrCC1(Cc2ccc(Br)cc2)CC2CCC1C2. The highest BCUT2D eigenvalue weighted by Gasteiger charge is 2.49. The molecular weight excluding hydrogens is 340 g/mol. The summed E-state index contributed by atoms with van der Waals surface area (Å²) in [6.07, 6.45) is 7.14. The fourth-order valence-electron chi connectivity index (χ4n) is 3.99. The van der Waals surface area contributed by atoms with E-state index in [4.69, 9.17) is 0 Å². The minimum Gasteiger partial charge on any atom is -0.0922 e. The lowest BCUT2D eigenvalue weighted by Gasteiger charge is -2.36. The summed E-state index contributed by atoms with van der Waals surface area (Å²) in [7, 11) is 0. The van der Waals surface area contributed by atoms with Gasteiger partial charge < -0.3 is 0 Å². The molecule has 0 saturated heterocycles. The molecule has 0 aromatic heterocycles. The predicted molar refractivity (Wildman–Crippen MR) is 79.5 cm³/mol. The molecule has 92 valence electrons. The first-order valence-electron chi connectivity index (χ1n) is 6.52. The molecule has 3 unspecified atom stereocenters. The van der Waals surface area contributed by atoms with Crippen molar-refractivity contribution >= 4 is 31.9 Å². The average molecular weight is 358 g/mol. The van der Waals surface area contributed by atoms with Crippen LogP contribution in [0.1, 0.15) is 31.2 Å². The highest BCUT2D eigenvalue weighted by Crippen LogP contribution is 2.57. The third-order valence-electron chi connectivity index (χ3n) is 4.84. The normalized spacial score (nSPS) is 35.4. The number of rotatable bonds is 3. The maximum atomic E-state index is 3.80. The lowest BCUT2D eigenvalue weighted by atomic mass is 9.71. The van der Waals surface area contributed by atoms with Gasteiger partial charge in [0.2, 0.25) is 0 Å². The highest BCUT2D eigenvalue weighted by atomic mass is 79.9. The Morgan fingerprint density at radius 3 is 2.47 bits per heavy atom. The van der Waals surface area contributed by atoms with E-state index in [9.17, 15) is 0 Å². The Labute approximate surface area is 120 Å². The number of hydrogen-bond acceptors (Lipinski definition) is 0. The van der Waals surface area contributed by atoms with Crippen LogP contribution >= 0.6 is 31.9 Å². The number of benzene rings is 1. The fraction of sp³-hybridized carbons (Fsp3) is 0.600. The van der Waals surface area contributed by atoms with E-state index in [-0.39, 0.29) is 0 Å². The van der Waals surface area contributed by atoms with Crippen LogP contribution in [-0.4, -0.2) is 5.33 Å². The predicted octanol–water partition coefficient (Wildman–Crippen LogP) is 5.19. The fourth-order valence-corrected chi connectivity index (χ4v) is 5.14.